The van der Waals surface area contributed by atoms with Gasteiger partial charge in [-0.15, -0.1) is 0 Å². The molecule has 2 amide bonds. The summed E-state index contributed by atoms with van der Waals surface area (Å²) in [5.74, 6) is -0.232. The Morgan fingerprint density at radius 3 is 2.60 bits per heavy atom. The van der Waals surface area contributed by atoms with Crippen molar-refractivity contribution in [2.45, 2.75) is 25.8 Å². The first-order valence-corrected chi connectivity index (χ1v) is 9.45. The lowest BCUT2D eigenvalue weighted by atomic mass is 9.96. The lowest BCUT2D eigenvalue weighted by molar-refractivity contribution is -0.384. The van der Waals surface area contributed by atoms with Crippen molar-refractivity contribution in [3.05, 3.63) is 57.6 Å². The molecule has 0 N–H and O–H groups in total. The molecular formula is C21H19N3O6. The highest BCUT2D eigenvalue weighted by molar-refractivity contribution is 6.10. The van der Waals surface area contributed by atoms with Gasteiger partial charge in [0.25, 0.3) is 11.6 Å². The van der Waals surface area contributed by atoms with E-state index in [1.54, 1.807) is 32.2 Å². The number of aryl methyl sites for hydroxylation is 1. The van der Waals surface area contributed by atoms with Crippen LogP contribution in [0.25, 0.3) is 0 Å². The second-order valence-corrected chi connectivity index (χ2v) is 7.30. The van der Waals surface area contributed by atoms with E-state index in [9.17, 15) is 24.5 Å². The van der Waals surface area contributed by atoms with Gasteiger partial charge in [-0.25, -0.2) is 0 Å². The van der Waals surface area contributed by atoms with Gasteiger partial charge in [0.1, 0.15) is 5.75 Å². The number of amides is 2. The van der Waals surface area contributed by atoms with Crippen LogP contribution in [-0.4, -0.2) is 42.2 Å². The zero-order valence-corrected chi connectivity index (χ0v) is 16.5. The van der Waals surface area contributed by atoms with E-state index in [0.717, 1.165) is 0 Å². The topological polar surface area (TPSA) is 110 Å². The Hall–Kier alpha value is -3.75. The molecule has 0 aliphatic carbocycles. The first-order chi connectivity index (χ1) is 14.3. The molecule has 0 fully saturated rings. The lowest BCUT2D eigenvalue weighted by Crippen LogP contribution is -2.46. The molecule has 1 unspecified atom stereocenters. The molecule has 9 nitrogen and oxygen atoms in total. The van der Waals surface area contributed by atoms with E-state index >= 15 is 0 Å². The highest BCUT2D eigenvalue weighted by Crippen LogP contribution is 2.35. The SMILES string of the molecule is CC(C(=O)c1ccc2c(c1)N(C)C(=O)CO2)N1C(=O)CCc2cc([N+](=O)[O-])ccc21. The Morgan fingerprint density at radius 1 is 1.10 bits per heavy atom. The monoisotopic (exact) mass is 409 g/mol. The molecule has 4 rings (SSSR count). The standard InChI is InChI=1S/C21H19N3O6/c1-12(21(27)14-3-7-18-17(10-14)22(2)20(26)11-30-18)23-16-6-5-15(24(28)29)9-13(16)4-8-19(23)25/h3,5-7,9-10,12H,4,8,11H2,1-2H3. The Labute approximate surface area is 172 Å². The smallest absolute Gasteiger partial charge is 0.269 e. The van der Waals surface area contributed by atoms with E-state index in [1.165, 1.54) is 28.0 Å². The number of carbonyl (C=O) groups is 3. The molecule has 2 aromatic carbocycles. The van der Waals surface area contributed by atoms with E-state index < -0.39 is 11.0 Å². The molecule has 2 heterocycles. The molecule has 0 radical (unpaired) electrons. The third kappa shape index (κ3) is 3.18. The van der Waals surface area contributed by atoms with Crippen LogP contribution >= 0.6 is 0 Å². The predicted molar refractivity (Wildman–Crippen MR) is 108 cm³/mol. The van der Waals surface area contributed by atoms with E-state index in [4.69, 9.17) is 4.74 Å². The summed E-state index contributed by atoms with van der Waals surface area (Å²) in [6.45, 7) is 1.57. The van der Waals surface area contributed by atoms with Crippen LogP contribution in [0.5, 0.6) is 5.75 Å². The summed E-state index contributed by atoms with van der Waals surface area (Å²) in [5.41, 5.74) is 1.95. The number of non-ortho nitro benzene ring substituents is 1. The molecule has 30 heavy (non-hydrogen) atoms. The van der Waals surface area contributed by atoms with Crippen molar-refractivity contribution in [1.29, 1.82) is 0 Å². The summed E-state index contributed by atoms with van der Waals surface area (Å²) < 4.78 is 5.39. The zero-order valence-electron chi connectivity index (χ0n) is 16.5. The maximum atomic E-state index is 13.2. The average Bonchev–Trinajstić information content (AvgIpc) is 2.74. The third-order valence-electron chi connectivity index (χ3n) is 5.51. The maximum absolute atomic E-state index is 13.2. The third-order valence-corrected chi connectivity index (χ3v) is 5.51. The van der Waals surface area contributed by atoms with Gasteiger partial charge in [0, 0.05) is 36.9 Å². The number of nitro groups is 1. The molecule has 0 aromatic heterocycles. The van der Waals surface area contributed by atoms with Crippen LogP contribution in [0.15, 0.2) is 36.4 Å². The lowest BCUT2D eigenvalue weighted by Gasteiger charge is -2.33. The van der Waals surface area contributed by atoms with Crippen molar-refractivity contribution in [2.75, 3.05) is 23.5 Å². The summed E-state index contributed by atoms with van der Waals surface area (Å²) in [4.78, 5) is 51.1. The van der Waals surface area contributed by atoms with Crippen LogP contribution in [0.2, 0.25) is 0 Å². The Kier molecular flexibility index (Phi) is 4.73. The van der Waals surface area contributed by atoms with Crippen molar-refractivity contribution >= 4 is 34.7 Å². The Bertz CT molecular complexity index is 1100. The van der Waals surface area contributed by atoms with Crippen LogP contribution in [0.4, 0.5) is 17.1 Å². The van der Waals surface area contributed by atoms with Crippen LogP contribution in [-0.2, 0) is 16.0 Å². The second kappa shape index (κ2) is 7.25. The normalized spacial score (nSPS) is 16.5. The number of hydrogen-bond acceptors (Lipinski definition) is 6. The number of Topliss-reactive ketones (excluding diaryl/α,β-unsaturated/α-hetero) is 1. The summed E-state index contributed by atoms with van der Waals surface area (Å²) in [6.07, 6.45) is 0.553. The van der Waals surface area contributed by atoms with Crippen LogP contribution in [0.1, 0.15) is 29.3 Å². The molecular weight excluding hydrogens is 390 g/mol. The average molecular weight is 409 g/mol. The fraction of sp³-hybridized carbons (Fsp3) is 0.286. The fourth-order valence-corrected chi connectivity index (χ4v) is 3.83. The molecule has 2 aliphatic heterocycles. The molecule has 2 aromatic rings. The Balaban J connectivity index is 1.67. The van der Waals surface area contributed by atoms with E-state index in [1.807, 2.05) is 0 Å². The zero-order chi connectivity index (χ0) is 21.6. The highest BCUT2D eigenvalue weighted by atomic mass is 16.6. The molecule has 1 atom stereocenters. The number of fused-ring (bicyclic) bond motifs is 2. The second-order valence-electron chi connectivity index (χ2n) is 7.30. The van der Waals surface area contributed by atoms with Gasteiger partial charge in [0.05, 0.1) is 16.7 Å². The number of carbonyl (C=O) groups excluding carboxylic acids is 3. The molecule has 0 spiro atoms. The summed E-state index contributed by atoms with van der Waals surface area (Å²) in [7, 11) is 1.61. The predicted octanol–water partition coefficient (Wildman–Crippen LogP) is 2.50. The van der Waals surface area contributed by atoms with Crippen molar-refractivity contribution in [3.63, 3.8) is 0 Å². The van der Waals surface area contributed by atoms with Crippen LogP contribution in [0.3, 0.4) is 0 Å². The summed E-state index contributed by atoms with van der Waals surface area (Å²) in [6, 6.07) is 8.29. The first kappa shape index (κ1) is 19.6. The van der Waals surface area contributed by atoms with Crippen molar-refractivity contribution in [3.8, 4) is 5.75 Å². The minimum absolute atomic E-state index is 0.0515. The van der Waals surface area contributed by atoms with Gasteiger partial charge in [0.15, 0.2) is 12.4 Å². The molecule has 0 saturated heterocycles. The van der Waals surface area contributed by atoms with Gasteiger partial charge in [-0.2, -0.15) is 0 Å². The van der Waals surface area contributed by atoms with Crippen molar-refractivity contribution in [1.82, 2.24) is 0 Å². The van der Waals surface area contributed by atoms with Gasteiger partial charge in [-0.3, -0.25) is 24.5 Å². The number of likely N-dealkylation sites (N-methyl/N-ethyl adjacent to an activating group) is 1. The van der Waals surface area contributed by atoms with E-state index in [2.05, 4.69) is 0 Å². The first-order valence-electron chi connectivity index (χ1n) is 9.45. The Morgan fingerprint density at radius 2 is 1.87 bits per heavy atom. The van der Waals surface area contributed by atoms with Crippen LogP contribution < -0.4 is 14.5 Å². The quantitative estimate of drug-likeness (QED) is 0.436. The van der Waals surface area contributed by atoms with Crippen molar-refractivity contribution in [2.24, 2.45) is 0 Å². The molecule has 0 bridgehead atoms. The number of benzene rings is 2. The largest absolute Gasteiger partial charge is 0.482 e. The van der Waals surface area contributed by atoms with E-state index in [0.29, 0.717) is 34.7 Å². The highest BCUT2D eigenvalue weighted by Gasteiger charge is 2.34. The van der Waals surface area contributed by atoms with Crippen LogP contribution in [0, 0.1) is 10.1 Å². The van der Waals surface area contributed by atoms with Gasteiger partial charge in [-0.1, -0.05) is 0 Å². The molecule has 0 saturated carbocycles. The fourth-order valence-electron chi connectivity index (χ4n) is 3.83. The number of ketones is 1. The number of nitro benzene ring substituents is 1. The van der Waals surface area contributed by atoms with Crippen molar-refractivity contribution < 1.29 is 24.0 Å². The summed E-state index contributed by atoms with van der Waals surface area (Å²) >= 11 is 0. The van der Waals surface area contributed by atoms with Gasteiger partial charge in [0.2, 0.25) is 5.91 Å². The van der Waals surface area contributed by atoms with Gasteiger partial charge in [-0.05, 0) is 43.2 Å². The number of rotatable bonds is 4. The molecule has 2 aliphatic rings. The minimum atomic E-state index is -0.818. The number of nitrogens with zero attached hydrogens (tertiary/aromatic N) is 3. The number of hydrogen-bond donors (Lipinski definition) is 0. The summed E-state index contributed by atoms with van der Waals surface area (Å²) in [5, 5.41) is 11.1. The van der Waals surface area contributed by atoms with Gasteiger partial charge < -0.3 is 14.5 Å². The number of anilines is 2. The number of ether oxygens (including phenoxy) is 1. The minimum Gasteiger partial charge on any atom is -0.482 e. The molecule has 9 heteroatoms. The van der Waals surface area contributed by atoms with E-state index in [-0.39, 0.29) is 36.3 Å². The maximum Gasteiger partial charge on any atom is 0.269 e. The molecule has 154 valence electrons. The van der Waals surface area contributed by atoms with Gasteiger partial charge >= 0.3 is 0 Å².